The van der Waals surface area contributed by atoms with Crippen molar-refractivity contribution in [2.75, 3.05) is 13.1 Å². The molecule has 2 aliphatic rings. The van der Waals surface area contributed by atoms with Gasteiger partial charge in [-0.3, -0.25) is 14.3 Å². The van der Waals surface area contributed by atoms with Crippen LogP contribution in [0.4, 0.5) is 0 Å². The van der Waals surface area contributed by atoms with E-state index in [0.29, 0.717) is 41.9 Å². The topological polar surface area (TPSA) is 133 Å². The van der Waals surface area contributed by atoms with Crippen molar-refractivity contribution in [1.29, 1.82) is 5.26 Å². The van der Waals surface area contributed by atoms with Crippen molar-refractivity contribution in [3.8, 4) is 17.3 Å². The minimum Gasteiger partial charge on any atom is -0.344 e. The highest BCUT2D eigenvalue weighted by atomic mass is 16.2. The molecular formula is C22H24N8O2. The molecule has 5 rings (SSSR count). The second kappa shape index (κ2) is 7.44. The van der Waals surface area contributed by atoms with Gasteiger partial charge in [0.25, 0.3) is 5.91 Å². The van der Waals surface area contributed by atoms with Crippen LogP contribution in [-0.4, -0.2) is 60.6 Å². The predicted octanol–water partition coefficient (Wildman–Crippen LogP) is 1.63. The minimum atomic E-state index is -0.588. The molecule has 3 aromatic heterocycles. The number of nitrogens with one attached hydrogen (secondary N) is 2. The van der Waals surface area contributed by atoms with Gasteiger partial charge in [0.05, 0.1) is 35.1 Å². The lowest BCUT2D eigenvalue weighted by molar-refractivity contribution is -0.143. The Morgan fingerprint density at radius 3 is 2.78 bits per heavy atom. The van der Waals surface area contributed by atoms with Crippen molar-refractivity contribution in [3.05, 3.63) is 30.4 Å². The molecule has 0 radical (unpaired) electrons. The molecule has 1 unspecified atom stereocenters. The molecule has 0 aromatic carbocycles. The van der Waals surface area contributed by atoms with E-state index >= 15 is 0 Å². The van der Waals surface area contributed by atoms with Gasteiger partial charge in [-0.25, -0.2) is 9.97 Å². The van der Waals surface area contributed by atoms with Crippen molar-refractivity contribution in [3.63, 3.8) is 0 Å². The number of aromatic amines is 1. The van der Waals surface area contributed by atoms with E-state index in [4.69, 9.17) is 0 Å². The van der Waals surface area contributed by atoms with Gasteiger partial charge in [0.1, 0.15) is 11.6 Å². The number of likely N-dealkylation sites (tertiary alicyclic amines) is 1. The summed E-state index contributed by atoms with van der Waals surface area (Å²) in [4.78, 5) is 39.9. The summed E-state index contributed by atoms with van der Waals surface area (Å²) in [5.74, 6) is -0.337. The van der Waals surface area contributed by atoms with Gasteiger partial charge in [-0.05, 0) is 25.2 Å². The van der Waals surface area contributed by atoms with Crippen molar-refractivity contribution in [1.82, 2.24) is 34.9 Å². The third-order valence-electron chi connectivity index (χ3n) is 6.48. The van der Waals surface area contributed by atoms with E-state index in [1.54, 1.807) is 28.2 Å². The van der Waals surface area contributed by atoms with E-state index in [0.717, 1.165) is 18.4 Å². The van der Waals surface area contributed by atoms with Gasteiger partial charge in [-0.1, -0.05) is 6.92 Å². The smallest absolute Gasteiger partial charge is 0.255 e. The summed E-state index contributed by atoms with van der Waals surface area (Å²) in [6.07, 6.45) is 9.24. The average Bonchev–Trinajstić information content (AvgIpc) is 3.37. The van der Waals surface area contributed by atoms with Crippen LogP contribution in [0.5, 0.6) is 0 Å². The van der Waals surface area contributed by atoms with Gasteiger partial charge in [0, 0.05) is 38.1 Å². The number of hydrogen-bond donors (Lipinski definition) is 2. The fraction of sp³-hybridized carbons (Fsp3) is 0.455. The number of hydrogen-bond acceptors (Lipinski definition) is 6. The molecule has 2 amide bonds. The Balaban J connectivity index is 1.36. The minimum absolute atomic E-state index is 0.109. The number of aromatic nitrogens is 5. The summed E-state index contributed by atoms with van der Waals surface area (Å²) in [7, 11) is 1.82. The van der Waals surface area contributed by atoms with Crippen molar-refractivity contribution >= 4 is 23.0 Å². The molecule has 0 bridgehead atoms. The quantitative estimate of drug-likeness (QED) is 0.608. The number of carbonyl (C=O) groups is 2. The Labute approximate surface area is 184 Å². The number of amides is 2. The van der Waals surface area contributed by atoms with Crippen LogP contribution in [-0.2, 0) is 11.8 Å². The molecule has 164 valence electrons. The maximum Gasteiger partial charge on any atom is 0.255 e. The molecular weight excluding hydrogens is 408 g/mol. The number of carbonyl (C=O) groups excluding carboxylic acids is 2. The van der Waals surface area contributed by atoms with Crippen LogP contribution in [0, 0.1) is 22.7 Å². The summed E-state index contributed by atoms with van der Waals surface area (Å²) in [6, 6.07) is 1.74. The first-order valence-electron chi connectivity index (χ1n) is 10.8. The van der Waals surface area contributed by atoms with E-state index in [-0.39, 0.29) is 17.7 Å². The second-order valence-electron chi connectivity index (χ2n) is 8.79. The van der Waals surface area contributed by atoms with E-state index in [2.05, 4.69) is 31.4 Å². The summed E-state index contributed by atoms with van der Waals surface area (Å²) < 4.78 is 1.67. The molecule has 1 atom stereocenters. The molecule has 2 fully saturated rings. The fourth-order valence-corrected chi connectivity index (χ4v) is 4.20. The zero-order valence-corrected chi connectivity index (χ0v) is 18.0. The summed E-state index contributed by atoms with van der Waals surface area (Å²) in [6.45, 7) is 2.80. The van der Waals surface area contributed by atoms with Crippen LogP contribution >= 0.6 is 0 Å². The summed E-state index contributed by atoms with van der Waals surface area (Å²) in [5.41, 5.74) is 2.26. The molecule has 32 heavy (non-hydrogen) atoms. The maximum atomic E-state index is 13.1. The molecule has 10 heteroatoms. The molecule has 10 nitrogen and oxygen atoms in total. The lowest BCUT2D eigenvalue weighted by atomic mass is 9.78. The van der Waals surface area contributed by atoms with Crippen LogP contribution in [0.1, 0.15) is 36.5 Å². The average molecular weight is 432 g/mol. The third-order valence-corrected chi connectivity index (χ3v) is 6.48. The molecule has 1 aliphatic heterocycles. The lowest BCUT2D eigenvalue weighted by Crippen LogP contribution is -2.62. The van der Waals surface area contributed by atoms with Crippen LogP contribution < -0.4 is 5.32 Å². The molecule has 1 saturated heterocycles. The third kappa shape index (κ3) is 3.39. The van der Waals surface area contributed by atoms with Gasteiger partial charge in [-0.15, -0.1) is 0 Å². The monoisotopic (exact) mass is 432 g/mol. The molecule has 1 saturated carbocycles. The number of H-pyrrole nitrogens is 1. The Bertz CT molecular complexity index is 1240. The van der Waals surface area contributed by atoms with Crippen LogP contribution in [0.3, 0.4) is 0 Å². The van der Waals surface area contributed by atoms with Crippen molar-refractivity contribution < 1.29 is 9.59 Å². The van der Waals surface area contributed by atoms with Crippen LogP contribution in [0.15, 0.2) is 24.8 Å². The number of aryl methyl sites for hydroxylation is 1. The molecule has 2 N–H and O–H groups in total. The highest BCUT2D eigenvalue weighted by Crippen LogP contribution is 2.38. The SMILES string of the molecule is CCC1(C#N)CN(C(=O)C(NC(=O)c2c[nH]c3ncc(-c4cnn(C)c4)nc23)C2CC2)C1. The Hall–Kier alpha value is -3.74. The maximum absolute atomic E-state index is 13.1. The lowest BCUT2D eigenvalue weighted by Gasteiger charge is -2.46. The standard InChI is InChI=1S/C22H24N8O2/c1-3-22(10-23)11-30(12-22)21(32)17(13-4-5-13)28-20(31)15-7-24-19-18(15)27-16(8-25-19)14-6-26-29(2)9-14/h6-9,13,17H,3-5,11-12H2,1-2H3,(H,24,25)(H,28,31). The Morgan fingerprint density at radius 1 is 1.38 bits per heavy atom. The number of rotatable bonds is 6. The Kier molecular flexibility index (Phi) is 4.69. The van der Waals surface area contributed by atoms with Gasteiger partial charge in [0.2, 0.25) is 5.91 Å². The zero-order chi connectivity index (χ0) is 22.5. The molecule has 4 heterocycles. The van der Waals surface area contributed by atoms with E-state index in [1.807, 2.05) is 20.2 Å². The van der Waals surface area contributed by atoms with Gasteiger partial charge in [-0.2, -0.15) is 10.4 Å². The van der Waals surface area contributed by atoms with Crippen molar-refractivity contribution in [2.45, 2.75) is 32.2 Å². The number of nitrogens with zero attached hydrogens (tertiary/aromatic N) is 6. The molecule has 0 spiro atoms. The second-order valence-corrected chi connectivity index (χ2v) is 8.79. The highest BCUT2D eigenvalue weighted by molar-refractivity contribution is 6.06. The fourth-order valence-electron chi connectivity index (χ4n) is 4.20. The van der Waals surface area contributed by atoms with Gasteiger partial charge in [0.15, 0.2) is 5.65 Å². The number of nitriles is 1. The van der Waals surface area contributed by atoms with Gasteiger partial charge >= 0.3 is 0 Å². The van der Waals surface area contributed by atoms with Crippen LogP contribution in [0.25, 0.3) is 22.4 Å². The van der Waals surface area contributed by atoms with E-state index in [1.165, 1.54) is 0 Å². The first-order valence-corrected chi connectivity index (χ1v) is 10.8. The van der Waals surface area contributed by atoms with E-state index in [9.17, 15) is 14.9 Å². The summed E-state index contributed by atoms with van der Waals surface area (Å²) >= 11 is 0. The summed E-state index contributed by atoms with van der Waals surface area (Å²) in [5, 5.41) is 16.5. The van der Waals surface area contributed by atoms with Crippen molar-refractivity contribution in [2.24, 2.45) is 18.4 Å². The number of fused-ring (bicyclic) bond motifs is 1. The molecule has 1 aliphatic carbocycles. The highest BCUT2D eigenvalue weighted by Gasteiger charge is 2.48. The first kappa shape index (κ1) is 20.2. The van der Waals surface area contributed by atoms with E-state index < -0.39 is 11.5 Å². The predicted molar refractivity (Wildman–Crippen MR) is 115 cm³/mol. The Morgan fingerprint density at radius 2 is 2.16 bits per heavy atom. The normalized spacial score (nSPS) is 18.1. The van der Waals surface area contributed by atoms with Crippen LogP contribution in [0.2, 0.25) is 0 Å². The van der Waals surface area contributed by atoms with Gasteiger partial charge < -0.3 is 15.2 Å². The first-order chi connectivity index (χ1) is 15.4. The molecule has 3 aromatic rings. The zero-order valence-electron chi connectivity index (χ0n) is 18.0. The largest absolute Gasteiger partial charge is 0.344 e.